The van der Waals surface area contributed by atoms with Crippen LogP contribution in [0.25, 0.3) is 0 Å². The van der Waals surface area contributed by atoms with Gasteiger partial charge in [-0.3, -0.25) is 0 Å². The van der Waals surface area contributed by atoms with E-state index in [4.69, 9.17) is 0 Å². The minimum atomic E-state index is -3.79. The van der Waals surface area contributed by atoms with Crippen LogP contribution in [0, 0.1) is 5.95 Å². The van der Waals surface area contributed by atoms with E-state index in [-0.39, 0.29) is 10.9 Å². The van der Waals surface area contributed by atoms with Gasteiger partial charge in [0.05, 0.1) is 6.20 Å². The van der Waals surface area contributed by atoms with Crippen molar-refractivity contribution in [1.82, 2.24) is 14.1 Å². The highest BCUT2D eigenvalue weighted by atomic mass is 32.2. The topological polar surface area (TPSA) is 55.2 Å². The molecular weight excluding hydrogens is 269 g/mol. The summed E-state index contributed by atoms with van der Waals surface area (Å²) in [6, 6.07) is -0.0108. The van der Waals surface area contributed by atoms with E-state index in [1.807, 2.05) is 0 Å². The number of sulfonamides is 1. The summed E-state index contributed by atoms with van der Waals surface area (Å²) in [5.74, 6) is -0.797. The third kappa shape index (κ3) is 2.67. The Morgan fingerprint density at radius 3 is 2.53 bits per heavy atom. The molecule has 0 saturated heterocycles. The molecule has 5 nitrogen and oxygen atoms in total. The fourth-order valence-electron chi connectivity index (χ4n) is 2.70. The first kappa shape index (κ1) is 14.5. The number of hydrogen-bond donors (Lipinski definition) is 0. The minimum absolute atomic E-state index is 0.0108. The molecule has 1 aliphatic carbocycles. The van der Waals surface area contributed by atoms with Crippen molar-refractivity contribution in [2.45, 2.75) is 50.0 Å². The molecule has 1 saturated carbocycles. The van der Waals surface area contributed by atoms with Gasteiger partial charge in [0.2, 0.25) is 16.0 Å². The first-order valence-corrected chi connectivity index (χ1v) is 8.11. The quantitative estimate of drug-likeness (QED) is 0.850. The summed E-state index contributed by atoms with van der Waals surface area (Å²) in [7, 11) is -2.39. The Bertz CT molecular complexity index is 535. The molecule has 7 heteroatoms. The Balaban J connectivity index is 2.33. The molecule has 0 N–H and O–H groups in total. The van der Waals surface area contributed by atoms with Crippen molar-refractivity contribution >= 4 is 10.0 Å². The Kier molecular flexibility index (Phi) is 4.25. The number of nitrogens with zero attached hydrogens (tertiary/aromatic N) is 3. The van der Waals surface area contributed by atoms with Crippen molar-refractivity contribution in [3.8, 4) is 0 Å². The van der Waals surface area contributed by atoms with Gasteiger partial charge in [0.25, 0.3) is 0 Å². The third-order valence-corrected chi connectivity index (χ3v) is 5.72. The predicted octanol–water partition coefficient (Wildman–Crippen LogP) is 1.90. The van der Waals surface area contributed by atoms with Crippen molar-refractivity contribution in [2.24, 2.45) is 7.05 Å². The summed E-state index contributed by atoms with van der Waals surface area (Å²) in [4.78, 5) is -0.317. The van der Waals surface area contributed by atoms with Gasteiger partial charge in [-0.25, -0.2) is 13.1 Å². The number of rotatable bonds is 4. The molecule has 0 amide bonds. The first-order chi connectivity index (χ1) is 8.98. The van der Waals surface area contributed by atoms with Crippen LogP contribution >= 0.6 is 0 Å². The Labute approximate surface area is 113 Å². The van der Waals surface area contributed by atoms with Crippen LogP contribution in [0.15, 0.2) is 11.1 Å². The number of aryl methyl sites for hydroxylation is 1. The second-order valence-electron chi connectivity index (χ2n) is 4.92. The third-order valence-electron chi connectivity index (χ3n) is 3.72. The summed E-state index contributed by atoms with van der Waals surface area (Å²) in [6.07, 6.45) is 6.02. The summed E-state index contributed by atoms with van der Waals surface area (Å²) < 4.78 is 41.2. The van der Waals surface area contributed by atoms with E-state index in [0.29, 0.717) is 6.54 Å². The van der Waals surface area contributed by atoms with Crippen LogP contribution in [0.4, 0.5) is 4.39 Å². The van der Waals surface area contributed by atoms with E-state index < -0.39 is 16.0 Å². The molecule has 0 atom stereocenters. The molecule has 19 heavy (non-hydrogen) atoms. The molecule has 108 valence electrons. The van der Waals surface area contributed by atoms with Gasteiger partial charge < -0.3 is 0 Å². The lowest BCUT2D eigenvalue weighted by Crippen LogP contribution is -2.41. The average Bonchev–Trinajstić information content (AvgIpc) is 2.72. The molecule has 0 spiro atoms. The Hall–Kier alpha value is -0.950. The molecule has 2 rings (SSSR count). The maximum Gasteiger partial charge on any atom is 0.249 e. The van der Waals surface area contributed by atoms with Crippen molar-refractivity contribution in [3.63, 3.8) is 0 Å². The van der Waals surface area contributed by atoms with Crippen molar-refractivity contribution in [3.05, 3.63) is 12.1 Å². The largest absolute Gasteiger partial charge is 0.249 e. The highest BCUT2D eigenvalue weighted by Crippen LogP contribution is 2.28. The van der Waals surface area contributed by atoms with E-state index in [1.54, 1.807) is 6.92 Å². The molecule has 1 aliphatic rings. The fraction of sp³-hybridized carbons (Fsp3) is 0.750. The number of aromatic nitrogens is 2. The fourth-order valence-corrected chi connectivity index (χ4v) is 4.42. The van der Waals surface area contributed by atoms with E-state index in [2.05, 4.69) is 5.10 Å². The molecule has 0 bridgehead atoms. The standard InChI is InChI=1S/C12H20FN3O2S/c1-3-16(10-7-5-4-6-8-10)19(17,18)11-9-14-15(2)12(11)13/h9-10H,3-8H2,1-2H3. The first-order valence-electron chi connectivity index (χ1n) is 6.67. The molecule has 1 fully saturated rings. The summed E-state index contributed by atoms with van der Waals surface area (Å²) in [6.45, 7) is 2.15. The zero-order chi connectivity index (χ0) is 14.0. The van der Waals surface area contributed by atoms with Crippen LogP contribution < -0.4 is 0 Å². The molecule has 1 aromatic rings. The van der Waals surface area contributed by atoms with Gasteiger partial charge in [0, 0.05) is 19.6 Å². The van der Waals surface area contributed by atoms with Crippen LogP contribution in [0.2, 0.25) is 0 Å². The maximum absolute atomic E-state index is 13.8. The van der Waals surface area contributed by atoms with Gasteiger partial charge in [0.1, 0.15) is 0 Å². The smallest absolute Gasteiger partial charge is 0.242 e. The monoisotopic (exact) mass is 289 g/mol. The van der Waals surface area contributed by atoms with Gasteiger partial charge >= 0.3 is 0 Å². The second kappa shape index (κ2) is 5.58. The lowest BCUT2D eigenvalue weighted by molar-refractivity contribution is 0.260. The van der Waals surface area contributed by atoms with Crippen LogP contribution in [-0.4, -0.2) is 35.1 Å². The average molecular weight is 289 g/mol. The van der Waals surface area contributed by atoms with Gasteiger partial charge in [0.15, 0.2) is 4.90 Å². The van der Waals surface area contributed by atoms with Gasteiger partial charge in [-0.2, -0.15) is 13.8 Å². The maximum atomic E-state index is 13.8. The lowest BCUT2D eigenvalue weighted by Gasteiger charge is -2.32. The van der Waals surface area contributed by atoms with Crippen LogP contribution in [0.3, 0.4) is 0 Å². The van der Waals surface area contributed by atoms with Crippen molar-refractivity contribution < 1.29 is 12.8 Å². The Morgan fingerprint density at radius 1 is 1.42 bits per heavy atom. The highest BCUT2D eigenvalue weighted by Gasteiger charge is 2.34. The second-order valence-corrected chi connectivity index (χ2v) is 6.78. The van der Waals surface area contributed by atoms with E-state index >= 15 is 0 Å². The van der Waals surface area contributed by atoms with E-state index in [0.717, 1.165) is 43.0 Å². The summed E-state index contributed by atoms with van der Waals surface area (Å²) in [5, 5.41) is 3.68. The highest BCUT2D eigenvalue weighted by molar-refractivity contribution is 7.89. The summed E-state index contributed by atoms with van der Waals surface area (Å²) in [5.41, 5.74) is 0. The zero-order valence-corrected chi connectivity index (χ0v) is 12.2. The molecule has 0 aromatic carbocycles. The lowest BCUT2D eigenvalue weighted by atomic mass is 9.95. The number of hydrogen-bond acceptors (Lipinski definition) is 3. The summed E-state index contributed by atoms with van der Waals surface area (Å²) >= 11 is 0. The SMILES string of the molecule is CCN(C1CCCCC1)S(=O)(=O)c1cnn(C)c1F. The Morgan fingerprint density at radius 2 is 2.05 bits per heavy atom. The minimum Gasteiger partial charge on any atom is -0.242 e. The predicted molar refractivity (Wildman–Crippen MR) is 69.6 cm³/mol. The zero-order valence-electron chi connectivity index (χ0n) is 11.3. The van der Waals surface area contributed by atoms with E-state index in [9.17, 15) is 12.8 Å². The van der Waals surface area contributed by atoms with E-state index in [1.165, 1.54) is 11.4 Å². The van der Waals surface area contributed by atoms with Gasteiger partial charge in [-0.05, 0) is 12.8 Å². The van der Waals surface area contributed by atoms with Crippen molar-refractivity contribution in [1.29, 1.82) is 0 Å². The van der Waals surface area contributed by atoms with Gasteiger partial charge in [-0.15, -0.1) is 0 Å². The molecule has 1 aromatic heterocycles. The normalized spacial score (nSPS) is 18.1. The molecular formula is C12H20FN3O2S. The number of halogens is 1. The molecule has 0 unspecified atom stereocenters. The van der Waals surface area contributed by atoms with Crippen LogP contribution in [0.1, 0.15) is 39.0 Å². The van der Waals surface area contributed by atoms with Gasteiger partial charge in [-0.1, -0.05) is 26.2 Å². The molecule has 0 aliphatic heterocycles. The molecule has 0 radical (unpaired) electrons. The van der Waals surface area contributed by atoms with Crippen molar-refractivity contribution in [2.75, 3.05) is 6.54 Å². The van der Waals surface area contributed by atoms with Crippen LogP contribution in [-0.2, 0) is 17.1 Å². The van der Waals surface area contributed by atoms with Crippen LogP contribution in [0.5, 0.6) is 0 Å². The molecule has 1 heterocycles.